The Morgan fingerprint density at radius 2 is 1.07 bits per heavy atom. The quantitative estimate of drug-likeness (QED) is 0.0384. The van der Waals surface area contributed by atoms with Crippen LogP contribution in [0.2, 0.25) is 0 Å². The largest absolute Gasteiger partial charge is 0.469 e. The van der Waals surface area contributed by atoms with E-state index in [1.165, 1.54) is 64.2 Å². The molecule has 0 heterocycles. The Morgan fingerprint density at radius 1 is 0.625 bits per heavy atom. The van der Waals surface area contributed by atoms with Crippen LogP contribution < -0.4 is 0 Å². The van der Waals surface area contributed by atoms with E-state index in [1.807, 2.05) is 0 Å². The first kappa shape index (κ1) is 38.8. The zero-order chi connectivity index (χ0) is 29.7. The molecule has 0 aromatic carbocycles. The van der Waals surface area contributed by atoms with Crippen LogP contribution in [0.3, 0.4) is 0 Å². The summed E-state index contributed by atoms with van der Waals surface area (Å²) in [5.41, 5.74) is 0. The molecule has 0 saturated carbocycles. The standard InChI is InChI=1S/C31H59O8P/c1-3-5-7-9-11-13-15-17-19-21-23-25-30(32)37-27-29(28-38-40(34,35)36)39-31(33)26-24-22-20-18-16-14-12-10-8-6-4-2/h10,12,29H,3-9,11,13-28H2,1-2H3,(H2,34,35,36)/b12-10+/t29-/m1/s1. The highest BCUT2D eigenvalue weighted by Gasteiger charge is 2.22. The molecule has 0 saturated heterocycles. The molecule has 0 rings (SSSR count). The lowest BCUT2D eigenvalue weighted by atomic mass is 10.1. The number of hydrogen-bond donors (Lipinski definition) is 2. The monoisotopic (exact) mass is 590 g/mol. The predicted molar refractivity (Wildman–Crippen MR) is 161 cm³/mol. The van der Waals surface area contributed by atoms with Gasteiger partial charge in [0.1, 0.15) is 6.61 Å². The van der Waals surface area contributed by atoms with Crippen molar-refractivity contribution in [2.45, 2.75) is 161 Å². The van der Waals surface area contributed by atoms with Gasteiger partial charge in [0, 0.05) is 12.8 Å². The van der Waals surface area contributed by atoms with Crippen LogP contribution in [0.5, 0.6) is 0 Å². The van der Waals surface area contributed by atoms with Gasteiger partial charge in [0.15, 0.2) is 6.10 Å². The summed E-state index contributed by atoms with van der Waals surface area (Å²) in [4.78, 5) is 42.4. The van der Waals surface area contributed by atoms with Gasteiger partial charge in [-0.1, -0.05) is 122 Å². The Bertz CT molecular complexity index is 676. The third-order valence-corrected chi connectivity index (χ3v) is 7.27. The zero-order valence-electron chi connectivity index (χ0n) is 25.5. The van der Waals surface area contributed by atoms with Crippen LogP contribution in [0.25, 0.3) is 0 Å². The molecule has 0 aliphatic heterocycles. The van der Waals surface area contributed by atoms with E-state index in [1.54, 1.807) is 0 Å². The first-order valence-corrected chi connectivity index (χ1v) is 17.5. The van der Waals surface area contributed by atoms with Crippen molar-refractivity contribution in [2.24, 2.45) is 0 Å². The van der Waals surface area contributed by atoms with E-state index in [0.717, 1.165) is 57.8 Å². The molecule has 0 aromatic heterocycles. The van der Waals surface area contributed by atoms with Gasteiger partial charge in [-0.25, -0.2) is 4.57 Å². The maximum Gasteiger partial charge on any atom is 0.469 e. The number of carbonyl (C=O) groups is 2. The average molecular weight is 591 g/mol. The van der Waals surface area contributed by atoms with Crippen LogP contribution in [0, 0.1) is 0 Å². The minimum absolute atomic E-state index is 0.204. The summed E-state index contributed by atoms with van der Waals surface area (Å²) < 4.78 is 26.1. The molecule has 1 atom stereocenters. The van der Waals surface area contributed by atoms with Crippen LogP contribution in [-0.2, 0) is 28.2 Å². The fraction of sp³-hybridized carbons (Fsp3) is 0.871. The van der Waals surface area contributed by atoms with Gasteiger partial charge in [0.2, 0.25) is 0 Å². The summed E-state index contributed by atoms with van der Waals surface area (Å²) in [6, 6.07) is 0. The number of phosphoric ester groups is 1. The fourth-order valence-corrected chi connectivity index (χ4v) is 4.71. The lowest BCUT2D eigenvalue weighted by Crippen LogP contribution is -2.29. The van der Waals surface area contributed by atoms with Crippen molar-refractivity contribution < 1.29 is 37.9 Å². The first-order chi connectivity index (χ1) is 19.3. The summed E-state index contributed by atoms with van der Waals surface area (Å²) in [5.74, 6) is -0.895. The molecule has 40 heavy (non-hydrogen) atoms. The zero-order valence-corrected chi connectivity index (χ0v) is 26.4. The van der Waals surface area contributed by atoms with Crippen molar-refractivity contribution in [1.82, 2.24) is 0 Å². The predicted octanol–water partition coefficient (Wildman–Crippen LogP) is 8.73. The number of carbonyl (C=O) groups excluding carboxylic acids is 2. The lowest BCUT2D eigenvalue weighted by Gasteiger charge is -2.18. The number of hydrogen-bond acceptors (Lipinski definition) is 6. The van der Waals surface area contributed by atoms with Gasteiger partial charge < -0.3 is 19.3 Å². The number of ether oxygens (including phenoxy) is 2. The highest BCUT2D eigenvalue weighted by atomic mass is 31.2. The maximum atomic E-state index is 12.2. The van der Waals surface area contributed by atoms with Crippen molar-refractivity contribution >= 4 is 19.8 Å². The number of esters is 2. The molecule has 0 aliphatic carbocycles. The SMILES string of the molecule is CCCC/C=C/CCCCCCCC(=O)O[C@H](COC(=O)CCCCCCCCCCCCC)COP(=O)(O)O. The minimum Gasteiger partial charge on any atom is -0.462 e. The van der Waals surface area contributed by atoms with Crippen LogP contribution in [-0.4, -0.2) is 41.0 Å². The molecule has 0 fully saturated rings. The van der Waals surface area contributed by atoms with Gasteiger partial charge in [0.05, 0.1) is 6.61 Å². The topological polar surface area (TPSA) is 119 Å². The number of unbranched alkanes of at least 4 members (excludes halogenated alkanes) is 17. The van der Waals surface area contributed by atoms with Gasteiger partial charge >= 0.3 is 19.8 Å². The summed E-state index contributed by atoms with van der Waals surface area (Å²) in [6.45, 7) is 3.60. The smallest absolute Gasteiger partial charge is 0.462 e. The molecule has 0 bridgehead atoms. The third kappa shape index (κ3) is 29.8. The molecular weight excluding hydrogens is 531 g/mol. The van der Waals surface area contributed by atoms with E-state index in [2.05, 4.69) is 30.5 Å². The molecule has 0 aliphatic rings. The van der Waals surface area contributed by atoms with Crippen molar-refractivity contribution in [3.8, 4) is 0 Å². The Balaban J connectivity index is 4.04. The van der Waals surface area contributed by atoms with Gasteiger partial charge in [-0.05, 0) is 32.1 Å². The third-order valence-electron chi connectivity index (χ3n) is 6.78. The van der Waals surface area contributed by atoms with E-state index in [4.69, 9.17) is 19.3 Å². The maximum absolute atomic E-state index is 12.2. The van der Waals surface area contributed by atoms with E-state index >= 15 is 0 Å². The fourth-order valence-electron chi connectivity index (χ4n) is 4.35. The van der Waals surface area contributed by atoms with Gasteiger partial charge in [0.25, 0.3) is 0 Å². The molecule has 0 spiro atoms. The summed E-state index contributed by atoms with van der Waals surface area (Å²) in [6.07, 6.45) is 26.5. The van der Waals surface area contributed by atoms with Crippen molar-refractivity contribution in [2.75, 3.05) is 13.2 Å². The molecule has 8 nitrogen and oxygen atoms in total. The second-order valence-corrected chi connectivity index (χ2v) is 12.0. The minimum atomic E-state index is -4.74. The van der Waals surface area contributed by atoms with Crippen LogP contribution in [0.4, 0.5) is 0 Å². The van der Waals surface area contributed by atoms with E-state index < -0.39 is 32.5 Å². The number of allylic oxidation sites excluding steroid dienone is 2. The molecule has 0 radical (unpaired) electrons. The van der Waals surface area contributed by atoms with Crippen LogP contribution in [0.15, 0.2) is 12.2 Å². The number of phosphoric acid groups is 1. The van der Waals surface area contributed by atoms with E-state index in [-0.39, 0.29) is 19.4 Å². The second-order valence-electron chi connectivity index (χ2n) is 10.8. The van der Waals surface area contributed by atoms with Gasteiger partial charge in [-0.2, -0.15) is 0 Å². The molecule has 2 N–H and O–H groups in total. The highest BCUT2D eigenvalue weighted by Crippen LogP contribution is 2.35. The Kier molecular flexibility index (Phi) is 27.1. The van der Waals surface area contributed by atoms with Gasteiger partial charge in [-0.3, -0.25) is 14.1 Å². The molecule has 0 unspecified atom stereocenters. The molecule has 236 valence electrons. The second kappa shape index (κ2) is 27.9. The Labute approximate surface area is 244 Å². The summed E-state index contributed by atoms with van der Waals surface area (Å²) in [7, 11) is -4.74. The molecule has 0 aromatic rings. The summed E-state index contributed by atoms with van der Waals surface area (Å²) in [5, 5.41) is 0. The van der Waals surface area contributed by atoms with Crippen molar-refractivity contribution in [3.05, 3.63) is 12.2 Å². The molecular formula is C31H59O8P. The van der Waals surface area contributed by atoms with Crippen molar-refractivity contribution in [3.63, 3.8) is 0 Å². The first-order valence-electron chi connectivity index (χ1n) is 16.0. The number of rotatable bonds is 29. The van der Waals surface area contributed by atoms with E-state index in [9.17, 15) is 14.2 Å². The summed E-state index contributed by atoms with van der Waals surface area (Å²) >= 11 is 0. The Hall–Kier alpha value is -1.21. The van der Waals surface area contributed by atoms with E-state index in [0.29, 0.717) is 6.42 Å². The Morgan fingerprint density at radius 3 is 1.60 bits per heavy atom. The van der Waals surface area contributed by atoms with Crippen LogP contribution in [0.1, 0.15) is 155 Å². The van der Waals surface area contributed by atoms with Gasteiger partial charge in [-0.15, -0.1) is 0 Å². The van der Waals surface area contributed by atoms with Crippen LogP contribution >= 0.6 is 7.82 Å². The van der Waals surface area contributed by atoms with Crippen molar-refractivity contribution in [1.29, 1.82) is 0 Å². The highest BCUT2D eigenvalue weighted by molar-refractivity contribution is 7.46. The average Bonchev–Trinajstić information content (AvgIpc) is 2.91. The lowest BCUT2D eigenvalue weighted by molar-refractivity contribution is -0.161. The molecule has 9 heteroatoms. The normalized spacial score (nSPS) is 12.6. The molecule has 0 amide bonds.